The summed E-state index contributed by atoms with van der Waals surface area (Å²) < 4.78 is 6.84. The molecule has 8 heteroatoms. The van der Waals surface area contributed by atoms with E-state index in [-0.39, 0.29) is 12.5 Å². The normalized spacial score (nSPS) is 17.8. The molecule has 25 heavy (non-hydrogen) atoms. The van der Waals surface area contributed by atoms with Crippen LogP contribution in [0, 0.1) is 0 Å². The molecule has 0 aromatic carbocycles. The Hall–Kier alpha value is -2.77. The van der Waals surface area contributed by atoms with Crippen LogP contribution in [0.25, 0.3) is 11.3 Å². The number of amides is 1. The highest BCUT2D eigenvalue weighted by atomic mass is 16.6. The summed E-state index contributed by atoms with van der Waals surface area (Å²) in [5.41, 5.74) is 1.00. The number of carbonyl (C=O) groups is 2. The molecular weight excluding hydrogens is 322 g/mol. The molecule has 0 saturated carbocycles. The Morgan fingerprint density at radius 2 is 2.04 bits per heavy atom. The fourth-order valence-electron chi connectivity index (χ4n) is 2.74. The Morgan fingerprint density at radius 3 is 2.72 bits per heavy atom. The standard InChI is InChI=1S/C17H21N5O3/c1-17(2,3)25-15(23)11-21-9-6-14(16(21)24)22-10-13(19-20-22)12-4-7-18-8-5-12/h4-5,7-8,10,14H,6,9,11H2,1-3H3. The number of hydrogen-bond acceptors (Lipinski definition) is 6. The van der Waals surface area contributed by atoms with E-state index in [2.05, 4.69) is 15.3 Å². The largest absolute Gasteiger partial charge is 0.459 e. The first-order chi connectivity index (χ1) is 11.8. The van der Waals surface area contributed by atoms with Crippen molar-refractivity contribution in [2.45, 2.75) is 38.8 Å². The molecule has 3 rings (SSSR count). The van der Waals surface area contributed by atoms with Crippen LogP contribution in [0.4, 0.5) is 0 Å². The number of esters is 1. The molecule has 1 fully saturated rings. The molecule has 1 aliphatic heterocycles. The third-order valence-electron chi connectivity index (χ3n) is 3.81. The van der Waals surface area contributed by atoms with Crippen molar-refractivity contribution >= 4 is 11.9 Å². The van der Waals surface area contributed by atoms with Crippen LogP contribution < -0.4 is 0 Å². The van der Waals surface area contributed by atoms with E-state index in [1.807, 2.05) is 12.1 Å². The lowest BCUT2D eigenvalue weighted by Gasteiger charge is -2.22. The van der Waals surface area contributed by atoms with Crippen LogP contribution >= 0.6 is 0 Å². The fraction of sp³-hybridized carbons (Fsp3) is 0.471. The van der Waals surface area contributed by atoms with Gasteiger partial charge in [-0.25, -0.2) is 4.68 Å². The van der Waals surface area contributed by atoms with E-state index in [1.165, 1.54) is 4.90 Å². The van der Waals surface area contributed by atoms with Crippen molar-refractivity contribution in [2.24, 2.45) is 0 Å². The monoisotopic (exact) mass is 343 g/mol. The van der Waals surface area contributed by atoms with Gasteiger partial charge in [-0.1, -0.05) is 5.21 Å². The van der Waals surface area contributed by atoms with Crippen LogP contribution in [-0.2, 0) is 14.3 Å². The topological polar surface area (TPSA) is 90.2 Å². The minimum Gasteiger partial charge on any atom is -0.459 e. The molecule has 0 aliphatic carbocycles. The summed E-state index contributed by atoms with van der Waals surface area (Å²) >= 11 is 0. The lowest BCUT2D eigenvalue weighted by molar-refractivity contribution is -0.158. The summed E-state index contributed by atoms with van der Waals surface area (Å²) in [6.45, 7) is 5.85. The van der Waals surface area contributed by atoms with E-state index >= 15 is 0 Å². The average molecular weight is 343 g/mol. The summed E-state index contributed by atoms with van der Waals surface area (Å²) in [6, 6.07) is 3.23. The number of likely N-dealkylation sites (tertiary alicyclic amines) is 1. The van der Waals surface area contributed by atoms with Gasteiger partial charge in [0.25, 0.3) is 0 Å². The number of aromatic nitrogens is 4. The van der Waals surface area contributed by atoms with E-state index in [1.54, 1.807) is 44.0 Å². The minimum absolute atomic E-state index is 0.0431. The summed E-state index contributed by atoms with van der Waals surface area (Å²) in [5, 5.41) is 8.20. The first-order valence-electron chi connectivity index (χ1n) is 8.16. The fourth-order valence-corrected chi connectivity index (χ4v) is 2.74. The molecule has 8 nitrogen and oxygen atoms in total. The zero-order chi connectivity index (χ0) is 18.0. The minimum atomic E-state index is -0.565. The number of pyridine rings is 1. The van der Waals surface area contributed by atoms with E-state index in [9.17, 15) is 9.59 Å². The van der Waals surface area contributed by atoms with Gasteiger partial charge >= 0.3 is 5.97 Å². The molecule has 0 spiro atoms. The van der Waals surface area contributed by atoms with Crippen molar-refractivity contribution in [1.82, 2.24) is 24.9 Å². The predicted octanol–water partition coefficient (Wildman–Crippen LogP) is 1.46. The Bertz CT molecular complexity index is 766. The molecule has 1 amide bonds. The Kier molecular flexibility index (Phi) is 4.52. The summed E-state index contributed by atoms with van der Waals surface area (Å²) in [5.74, 6) is -0.547. The zero-order valence-electron chi connectivity index (χ0n) is 14.5. The smallest absolute Gasteiger partial charge is 0.326 e. The lowest BCUT2D eigenvalue weighted by Crippen LogP contribution is -2.37. The Morgan fingerprint density at radius 1 is 1.32 bits per heavy atom. The quantitative estimate of drug-likeness (QED) is 0.781. The van der Waals surface area contributed by atoms with E-state index in [4.69, 9.17) is 4.74 Å². The molecule has 3 heterocycles. The van der Waals surface area contributed by atoms with E-state index in [0.717, 1.165) is 5.56 Å². The summed E-state index contributed by atoms with van der Waals surface area (Å²) in [7, 11) is 0. The maximum atomic E-state index is 12.6. The number of ether oxygens (including phenoxy) is 1. The van der Waals surface area contributed by atoms with Gasteiger partial charge in [0.05, 0.1) is 6.20 Å². The maximum absolute atomic E-state index is 12.6. The number of hydrogen-bond donors (Lipinski definition) is 0. The molecule has 2 aromatic heterocycles. The number of carbonyl (C=O) groups excluding carboxylic acids is 2. The summed E-state index contributed by atoms with van der Waals surface area (Å²) in [6.07, 6.45) is 5.69. The highest BCUT2D eigenvalue weighted by Gasteiger charge is 2.35. The molecule has 0 N–H and O–H groups in total. The van der Waals surface area contributed by atoms with Gasteiger partial charge in [0.2, 0.25) is 5.91 Å². The van der Waals surface area contributed by atoms with Gasteiger partial charge < -0.3 is 9.64 Å². The zero-order valence-corrected chi connectivity index (χ0v) is 14.5. The van der Waals surface area contributed by atoms with Crippen LogP contribution in [0.2, 0.25) is 0 Å². The Labute approximate surface area is 145 Å². The number of rotatable bonds is 4. The van der Waals surface area contributed by atoms with Crippen molar-refractivity contribution in [2.75, 3.05) is 13.1 Å². The SMILES string of the molecule is CC(C)(C)OC(=O)CN1CCC(n2cc(-c3ccncc3)nn2)C1=O. The van der Waals surface area contributed by atoms with Crippen molar-refractivity contribution in [3.8, 4) is 11.3 Å². The van der Waals surface area contributed by atoms with Crippen molar-refractivity contribution in [3.63, 3.8) is 0 Å². The molecule has 1 saturated heterocycles. The number of nitrogens with zero attached hydrogens (tertiary/aromatic N) is 5. The molecule has 2 aromatic rings. The second kappa shape index (κ2) is 6.62. The van der Waals surface area contributed by atoms with Gasteiger partial charge in [-0.2, -0.15) is 0 Å². The lowest BCUT2D eigenvalue weighted by atomic mass is 10.2. The van der Waals surface area contributed by atoms with Gasteiger partial charge in [-0.3, -0.25) is 14.6 Å². The van der Waals surface area contributed by atoms with Crippen molar-refractivity contribution < 1.29 is 14.3 Å². The van der Waals surface area contributed by atoms with Crippen LogP contribution in [0.3, 0.4) is 0 Å². The van der Waals surface area contributed by atoms with Gasteiger partial charge in [-0.15, -0.1) is 5.10 Å². The van der Waals surface area contributed by atoms with Crippen LogP contribution in [0.1, 0.15) is 33.2 Å². The summed E-state index contributed by atoms with van der Waals surface area (Å²) in [4.78, 5) is 30.0. The van der Waals surface area contributed by atoms with Crippen molar-refractivity contribution in [1.29, 1.82) is 0 Å². The van der Waals surface area contributed by atoms with Crippen molar-refractivity contribution in [3.05, 3.63) is 30.7 Å². The van der Waals surface area contributed by atoms with E-state index in [0.29, 0.717) is 18.7 Å². The maximum Gasteiger partial charge on any atom is 0.326 e. The third-order valence-corrected chi connectivity index (χ3v) is 3.81. The van der Waals surface area contributed by atoms with Crippen LogP contribution in [-0.4, -0.2) is 55.4 Å². The molecule has 132 valence electrons. The predicted molar refractivity (Wildman–Crippen MR) is 89.3 cm³/mol. The van der Waals surface area contributed by atoms with Gasteiger partial charge in [0, 0.05) is 24.5 Å². The van der Waals surface area contributed by atoms with Gasteiger partial charge in [-0.05, 0) is 39.3 Å². The second-order valence-corrected chi connectivity index (χ2v) is 6.97. The van der Waals surface area contributed by atoms with E-state index < -0.39 is 17.6 Å². The molecule has 1 atom stereocenters. The first-order valence-corrected chi connectivity index (χ1v) is 8.16. The highest BCUT2D eigenvalue weighted by Crippen LogP contribution is 2.24. The molecule has 0 bridgehead atoms. The molecule has 0 radical (unpaired) electrons. The van der Waals surface area contributed by atoms with Crippen LogP contribution in [0.5, 0.6) is 0 Å². The molecule has 1 aliphatic rings. The Balaban J connectivity index is 1.66. The third kappa shape index (κ3) is 4.01. The second-order valence-electron chi connectivity index (χ2n) is 6.97. The molecular formula is C17H21N5O3. The first kappa shape index (κ1) is 17.1. The van der Waals surface area contributed by atoms with Gasteiger partial charge in [0.15, 0.2) is 0 Å². The highest BCUT2D eigenvalue weighted by molar-refractivity contribution is 5.86. The molecule has 1 unspecified atom stereocenters. The van der Waals surface area contributed by atoms with Crippen LogP contribution in [0.15, 0.2) is 30.7 Å². The average Bonchev–Trinajstić information content (AvgIpc) is 3.14. The van der Waals surface area contributed by atoms with Gasteiger partial charge in [0.1, 0.15) is 23.9 Å².